The zero-order chi connectivity index (χ0) is 19.1. The average Bonchev–Trinajstić information content (AvgIpc) is 2.64. The topological polar surface area (TPSA) is 87.3 Å². The summed E-state index contributed by atoms with van der Waals surface area (Å²) in [6.45, 7) is 7.70. The van der Waals surface area contributed by atoms with Crippen molar-refractivity contribution in [1.29, 1.82) is 0 Å². The number of carbonyl (C=O) groups is 3. The number of benzene rings is 1. The van der Waals surface area contributed by atoms with Gasteiger partial charge in [0.2, 0.25) is 0 Å². The minimum atomic E-state index is -0.314. The Morgan fingerprint density at radius 1 is 1.16 bits per heavy atom. The molecule has 0 aliphatic heterocycles. The number of hydrogen-bond donors (Lipinski definition) is 3. The van der Waals surface area contributed by atoms with Crippen molar-refractivity contribution >= 4 is 18.0 Å². The molecule has 6 nitrogen and oxygen atoms in total. The van der Waals surface area contributed by atoms with E-state index in [2.05, 4.69) is 27.8 Å². The Hall–Kier alpha value is -2.49. The molecule has 0 spiro atoms. The van der Waals surface area contributed by atoms with E-state index < -0.39 is 0 Å². The van der Waals surface area contributed by atoms with Crippen LogP contribution >= 0.6 is 0 Å². The van der Waals surface area contributed by atoms with Gasteiger partial charge in [0.05, 0.1) is 18.7 Å². The number of rotatable bonds is 8. The van der Waals surface area contributed by atoms with Gasteiger partial charge in [-0.25, -0.2) is 0 Å². The first-order valence-electron chi connectivity index (χ1n) is 8.30. The molecule has 1 amide bonds. The van der Waals surface area contributed by atoms with Gasteiger partial charge in [-0.3, -0.25) is 14.4 Å². The predicted molar refractivity (Wildman–Crippen MR) is 99.9 cm³/mol. The third-order valence-corrected chi connectivity index (χ3v) is 2.98. The van der Waals surface area contributed by atoms with E-state index >= 15 is 0 Å². The van der Waals surface area contributed by atoms with Gasteiger partial charge in [0.1, 0.15) is 5.78 Å². The third-order valence-electron chi connectivity index (χ3n) is 2.98. The lowest BCUT2D eigenvalue weighted by Crippen LogP contribution is -2.30. The van der Waals surface area contributed by atoms with Gasteiger partial charge in [-0.1, -0.05) is 31.8 Å². The van der Waals surface area contributed by atoms with Gasteiger partial charge in [-0.05, 0) is 19.1 Å². The molecule has 3 N–H and O–H groups in total. The first-order chi connectivity index (χ1) is 12.1. The molecule has 0 heterocycles. The predicted octanol–water partition coefficient (Wildman–Crippen LogP) is 1.00. The smallest absolute Gasteiger partial charge is 0.251 e. The van der Waals surface area contributed by atoms with E-state index in [1.54, 1.807) is 18.2 Å². The van der Waals surface area contributed by atoms with Crippen LogP contribution in [0.1, 0.15) is 47.1 Å². The highest BCUT2D eigenvalue weighted by atomic mass is 16.1. The molecule has 0 saturated carbocycles. The number of hydrogen-bond acceptors (Lipinski definition) is 5. The second kappa shape index (κ2) is 13.9. The van der Waals surface area contributed by atoms with Crippen molar-refractivity contribution in [3.63, 3.8) is 0 Å². The van der Waals surface area contributed by atoms with Gasteiger partial charge in [-0.15, -0.1) is 0 Å². The lowest BCUT2D eigenvalue weighted by molar-refractivity contribution is -0.116. The van der Waals surface area contributed by atoms with Crippen LogP contribution in [0.2, 0.25) is 0 Å². The van der Waals surface area contributed by atoms with Crippen LogP contribution in [0.4, 0.5) is 0 Å². The zero-order valence-corrected chi connectivity index (χ0v) is 15.4. The molecule has 0 fully saturated rings. The van der Waals surface area contributed by atoms with Crippen LogP contribution in [-0.4, -0.2) is 51.2 Å². The second-order valence-electron chi connectivity index (χ2n) is 4.82. The number of amides is 1. The fraction of sp³-hybridized carbons (Fsp3) is 0.421. The molecule has 1 aromatic rings. The molecule has 0 radical (unpaired) electrons. The first-order valence-corrected chi connectivity index (χ1v) is 8.30. The van der Waals surface area contributed by atoms with Gasteiger partial charge in [0.25, 0.3) is 5.91 Å². The average molecular weight is 345 g/mol. The van der Waals surface area contributed by atoms with Crippen LogP contribution in [0.25, 0.3) is 0 Å². The summed E-state index contributed by atoms with van der Waals surface area (Å²) in [6.07, 6.45) is 0.647. The molecular weight excluding hydrogens is 318 g/mol. The molecule has 25 heavy (non-hydrogen) atoms. The molecule has 1 rings (SSSR count). The number of Topliss-reactive ketones (excluding diaryl/α,β-unsaturated/α-hetero) is 1. The summed E-state index contributed by atoms with van der Waals surface area (Å²) in [5.41, 5.74) is 1.13. The van der Waals surface area contributed by atoms with E-state index in [-0.39, 0.29) is 11.7 Å². The SMILES string of the molecule is CC.CNC(=O)c1cccc(C#CCNCCNCC(C)=O)c1C=O. The lowest BCUT2D eigenvalue weighted by atomic mass is 10.0. The van der Waals surface area contributed by atoms with Crippen molar-refractivity contribution < 1.29 is 14.4 Å². The highest BCUT2D eigenvalue weighted by Gasteiger charge is 2.11. The summed E-state index contributed by atoms with van der Waals surface area (Å²) in [5, 5.41) is 8.59. The fourth-order valence-corrected chi connectivity index (χ4v) is 1.87. The van der Waals surface area contributed by atoms with Gasteiger partial charge in [-0.2, -0.15) is 0 Å². The Balaban J connectivity index is 0.00000277. The Morgan fingerprint density at radius 2 is 1.84 bits per heavy atom. The van der Waals surface area contributed by atoms with Crippen LogP contribution in [0.3, 0.4) is 0 Å². The lowest BCUT2D eigenvalue weighted by Gasteiger charge is -2.05. The fourth-order valence-electron chi connectivity index (χ4n) is 1.87. The molecule has 136 valence electrons. The van der Waals surface area contributed by atoms with E-state index in [1.807, 2.05) is 13.8 Å². The van der Waals surface area contributed by atoms with Crippen molar-refractivity contribution in [2.75, 3.05) is 33.2 Å². The number of ketones is 1. The van der Waals surface area contributed by atoms with Gasteiger partial charge < -0.3 is 16.0 Å². The molecule has 0 bridgehead atoms. The maximum atomic E-state index is 11.7. The molecule has 0 unspecified atom stereocenters. The second-order valence-corrected chi connectivity index (χ2v) is 4.82. The Morgan fingerprint density at radius 3 is 2.44 bits per heavy atom. The van der Waals surface area contributed by atoms with Crippen molar-refractivity contribution in [2.45, 2.75) is 20.8 Å². The quantitative estimate of drug-likeness (QED) is 0.372. The molecule has 0 saturated heterocycles. The third kappa shape index (κ3) is 8.80. The van der Waals surface area contributed by atoms with Crippen LogP contribution < -0.4 is 16.0 Å². The highest BCUT2D eigenvalue weighted by molar-refractivity contribution is 6.02. The van der Waals surface area contributed by atoms with Crippen LogP contribution in [0.15, 0.2) is 18.2 Å². The standard InChI is InChI=1S/C17H21N3O3.C2H6/c1-13(22)11-20-10-9-19-8-4-6-14-5-3-7-15(16(14)12-21)17(23)18-2;1-2/h3,5,7,12,19-20H,8-11H2,1-2H3,(H,18,23);1-2H3. The van der Waals surface area contributed by atoms with Gasteiger partial charge >= 0.3 is 0 Å². The van der Waals surface area contributed by atoms with E-state index in [9.17, 15) is 14.4 Å². The van der Waals surface area contributed by atoms with Crippen LogP contribution in [0.5, 0.6) is 0 Å². The van der Waals surface area contributed by atoms with Crippen molar-refractivity contribution in [2.24, 2.45) is 0 Å². The normalized spacial score (nSPS) is 9.12. The Bertz CT molecular complexity index is 631. The van der Waals surface area contributed by atoms with Crippen molar-refractivity contribution in [1.82, 2.24) is 16.0 Å². The summed E-state index contributed by atoms with van der Waals surface area (Å²) in [7, 11) is 1.51. The zero-order valence-electron chi connectivity index (χ0n) is 15.4. The largest absolute Gasteiger partial charge is 0.355 e. The van der Waals surface area contributed by atoms with E-state index in [1.165, 1.54) is 14.0 Å². The Labute approximate surface area is 149 Å². The van der Waals surface area contributed by atoms with Gasteiger partial charge in [0.15, 0.2) is 6.29 Å². The summed E-state index contributed by atoms with van der Waals surface area (Å²) in [5.74, 6) is 5.59. The first kappa shape index (κ1) is 22.5. The molecule has 6 heteroatoms. The number of carbonyl (C=O) groups excluding carboxylic acids is 3. The summed E-state index contributed by atoms with van der Waals surface area (Å²) in [4.78, 5) is 33.7. The minimum absolute atomic E-state index is 0.0992. The van der Waals surface area contributed by atoms with Gasteiger partial charge in [0, 0.05) is 31.3 Å². The Kier molecular flexibility index (Phi) is 12.5. The molecule has 0 aliphatic carbocycles. The van der Waals surface area contributed by atoms with E-state index in [4.69, 9.17) is 0 Å². The van der Waals surface area contributed by atoms with Crippen molar-refractivity contribution in [3.8, 4) is 11.8 Å². The minimum Gasteiger partial charge on any atom is -0.355 e. The molecule has 0 atom stereocenters. The monoisotopic (exact) mass is 345 g/mol. The number of nitrogens with one attached hydrogen (secondary N) is 3. The molecular formula is C19H27N3O3. The maximum absolute atomic E-state index is 11.7. The maximum Gasteiger partial charge on any atom is 0.251 e. The molecule has 0 aliphatic rings. The van der Waals surface area contributed by atoms with Crippen LogP contribution in [0, 0.1) is 11.8 Å². The van der Waals surface area contributed by atoms with Crippen LogP contribution in [-0.2, 0) is 4.79 Å². The van der Waals surface area contributed by atoms with E-state index in [0.717, 1.165) is 0 Å². The molecule has 0 aromatic heterocycles. The van der Waals surface area contributed by atoms with E-state index in [0.29, 0.717) is 49.2 Å². The molecule has 1 aromatic carbocycles. The summed E-state index contributed by atoms with van der Waals surface area (Å²) < 4.78 is 0. The number of aldehydes is 1. The summed E-state index contributed by atoms with van der Waals surface area (Å²) >= 11 is 0. The summed E-state index contributed by atoms with van der Waals surface area (Å²) in [6, 6.07) is 4.99. The highest BCUT2D eigenvalue weighted by Crippen LogP contribution is 2.11. The van der Waals surface area contributed by atoms with Crippen molar-refractivity contribution in [3.05, 3.63) is 34.9 Å².